The normalized spacial score (nSPS) is 11.3. The highest BCUT2D eigenvalue weighted by atomic mass is 79.9. The fourth-order valence-electron chi connectivity index (χ4n) is 3.16. The molecule has 3 aromatic rings. The molecule has 0 aliphatic heterocycles. The minimum absolute atomic E-state index is 0.000797. The molecule has 1 amide bonds. The lowest BCUT2D eigenvalue weighted by Gasteiger charge is -2.14. The Hall–Kier alpha value is -2.50. The van der Waals surface area contributed by atoms with Gasteiger partial charge in [0.25, 0.3) is 5.91 Å². The number of amides is 1. The standard InChI is InChI=1S/C24H23BrClFN2O5S/c1-35(32,33)19-4-5-20(21(26)12-19)24(31)29-18-3-6-22(27)16(11-18)14-34-23-7-2-17(25)10-15(23)13-28-8-9-30/h2-7,10-12,28,30H,8-9,13-14H2,1H3,(H,29,31). The molecule has 0 fully saturated rings. The molecular weight excluding hydrogens is 563 g/mol. The van der Waals surface area contributed by atoms with E-state index in [4.69, 9.17) is 21.4 Å². The van der Waals surface area contributed by atoms with E-state index in [1.54, 1.807) is 12.1 Å². The number of hydrogen-bond acceptors (Lipinski definition) is 6. The highest BCUT2D eigenvalue weighted by molar-refractivity contribution is 9.10. The summed E-state index contributed by atoms with van der Waals surface area (Å²) < 4.78 is 44.5. The van der Waals surface area contributed by atoms with Crippen LogP contribution in [0.2, 0.25) is 5.02 Å². The first kappa shape index (κ1) is 27.1. The van der Waals surface area contributed by atoms with Crippen molar-refractivity contribution in [2.75, 3.05) is 24.7 Å². The van der Waals surface area contributed by atoms with Crippen LogP contribution < -0.4 is 15.4 Å². The summed E-state index contributed by atoms with van der Waals surface area (Å²) in [5.74, 6) is -0.528. The summed E-state index contributed by atoms with van der Waals surface area (Å²) in [4.78, 5) is 12.7. The summed E-state index contributed by atoms with van der Waals surface area (Å²) in [5, 5.41) is 14.7. The quantitative estimate of drug-likeness (QED) is 0.302. The van der Waals surface area contributed by atoms with Crippen molar-refractivity contribution in [1.82, 2.24) is 5.32 Å². The van der Waals surface area contributed by atoms with Crippen molar-refractivity contribution in [3.05, 3.63) is 86.6 Å². The van der Waals surface area contributed by atoms with Gasteiger partial charge in [-0.3, -0.25) is 4.79 Å². The van der Waals surface area contributed by atoms with Crippen LogP contribution in [0, 0.1) is 5.82 Å². The number of carbonyl (C=O) groups is 1. The van der Waals surface area contributed by atoms with Crippen molar-refractivity contribution < 1.29 is 27.4 Å². The van der Waals surface area contributed by atoms with Crippen LogP contribution >= 0.6 is 27.5 Å². The van der Waals surface area contributed by atoms with Crippen molar-refractivity contribution in [3.8, 4) is 5.75 Å². The van der Waals surface area contributed by atoms with Crippen LogP contribution in [0.1, 0.15) is 21.5 Å². The molecule has 0 saturated carbocycles. The Morgan fingerprint density at radius 3 is 2.57 bits per heavy atom. The number of sulfone groups is 1. The van der Waals surface area contributed by atoms with Crippen molar-refractivity contribution in [2.45, 2.75) is 18.0 Å². The Balaban J connectivity index is 1.74. The molecule has 35 heavy (non-hydrogen) atoms. The zero-order valence-electron chi connectivity index (χ0n) is 18.6. The third-order valence-corrected chi connectivity index (χ3v) is 6.84. The van der Waals surface area contributed by atoms with Gasteiger partial charge in [0, 0.05) is 40.6 Å². The van der Waals surface area contributed by atoms with E-state index in [-0.39, 0.29) is 34.3 Å². The number of nitrogens with one attached hydrogen (secondary N) is 2. The second-order valence-corrected chi connectivity index (χ2v) is 11.0. The molecule has 0 aliphatic rings. The maximum Gasteiger partial charge on any atom is 0.257 e. The van der Waals surface area contributed by atoms with Crippen LogP contribution in [0.25, 0.3) is 0 Å². The number of aliphatic hydroxyl groups is 1. The fraction of sp³-hybridized carbons (Fsp3) is 0.208. The Kier molecular flexibility index (Phi) is 9.26. The molecule has 3 rings (SSSR count). The number of carbonyl (C=O) groups excluding carboxylic acids is 1. The topological polar surface area (TPSA) is 105 Å². The SMILES string of the molecule is CS(=O)(=O)c1ccc(C(=O)Nc2ccc(F)c(COc3ccc(Br)cc3CNCCO)c2)c(Cl)c1. The third-order valence-electron chi connectivity index (χ3n) is 4.93. The average Bonchev–Trinajstić information content (AvgIpc) is 2.79. The van der Waals surface area contributed by atoms with Gasteiger partial charge in [0.2, 0.25) is 0 Å². The molecule has 186 valence electrons. The Bertz CT molecular complexity index is 1340. The van der Waals surface area contributed by atoms with Crippen LogP contribution in [0.5, 0.6) is 5.75 Å². The van der Waals surface area contributed by atoms with E-state index in [0.29, 0.717) is 24.5 Å². The number of rotatable bonds is 10. The van der Waals surface area contributed by atoms with Gasteiger partial charge < -0.3 is 20.5 Å². The number of halogens is 3. The van der Waals surface area contributed by atoms with Crippen LogP contribution in [0.3, 0.4) is 0 Å². The maximum absolute atomic E-state index is 14.4. The first-order valence-corrected chi connectivity index (χ1v) is 13.5. The average molecular weight is 586 g/mol. The van der Waals surface area contributed by atoms with Gasteiger partial charge in [0.1, 0.15) is 18.2 Å². The molecule has 0 unspecified atom stereocenters. The zero-order valence-corrected chi connectivity index (χ0v) is 21.8. The van der Waals surface area contributed by atoms with Crippen LogP contribution in [0.15, 0.2) is 64.0 Å². The molecule has 0 aliphatic carbocycles. The molecule has 0 radical (unpaired) electrons. The van der Waals surface area contributed by atoms with Crippen molar-refractivity contribution in [2.24, 2.45) is 0 Å². The lowest BCUT2D eigenvalue weighted by Crippen LogP contribution is -2.18. The van der Waals surface area contributed by atoms with Gasteiger partial charge in [0.05, 0.1) is 22.1 Å². The molecule has 3 N–H and O–H groups in total. The van der Waals surface area contributed by atoms with Crippen LogP contribution in [0.4, 0.5) is 10.1 Å². The molecule has 0 spiro atoms. The smallest absolute Gasteiger partial charge is 0.257 e. The highest BCUT2D eigenvalue weighted by Crippen LogP contribution is 2.26. The molecule has 0 atom stereocenters. The van der Waals surface area contributed by atoms with E-state index in [2.05, 4.69) is 26.6 Å². The lowest BCUT2D eigenvalue weighted by atomic mass is 10.1. The molecule has 7 nitrogen and oxygen atoms in total. The molecule has 0 saturated heterocycles. The zero-order chi connectivity index (χ0) is 25.6. The first-order valence-electron chi connectivity index (χ1n) is 10.4. The number of anilines is 1. The maximum atomic E-state index is 14.4. The molecule has 0 aromatic heterocycles. The number of ether oxygens (including phenoxy) is 1. The van der Waals surface area contributed by atoms with E-state index < -0.39 is 21.6 Å². The largest absolute Gasteiger partial charge is 0.488 e. The molecule has 0 bridgehead atoms. The summed E-state index contributed by atoms with van der Waals surface area (Å²) in [6, 6.07) is 13.3. The Morgan fingerprint density at radius 2 is 1.89 bits per heavy atom. The monoisotopic (exact) mass is 584 g/mol. The predicted octanol–water partition coefficient (Wildman–Crippen LogP) is 4.56. The minimum Gasteiger partial charge on any atom is -0.488 e. The van der Waals surface area contributed by atoms with E-state index >= 15 is 0 Å². The predicted molar refractivity (Wildman–Crippen MR) is 136 cm³/mol. The summed E-state index contributed by atoms with van der Waals surface area (Å²) >= 11 is 9.53. The molecule has 3 aromatic carbocycles. The van der Waals surface area contributed by atoms with E-state index in [0.717, 1.165) is 16.3 Å². The van der Waals surface area contributed by atoms with Crippen molar-refractivity contribution in [3.63, 3.8) is 0 Å². The Labute approximate surface area is 216 Å². The Morgan fingerprint density at radius 1 is 1.11 bits per heavy atom. The van der Waals surface area contributed by atoms with Gasteiger partial charge in [-0.15, -0.1) is 0 Å². The summed E-state index contributed by atoms with van der Waals surface area (Å²) in [5.41, 5.74) is 1.44. The fourth-order valence-corrected chi connectivity index (χ4v) is 4.54. The highest BCUT2D eigenvalue weighted by Gasteiger charge is 2.16. The second kappa shape index (κ2) is 12.0. The van der Waals surface area contributed by atoms with E-state index in [9.17, 15) is 17.6 Å². The summed E-state index contributed by atoms with van der Waals surface area (Å²) in [6.45, 7) is 0.783. The van der Waals surface area contributed by atoms with Crippen LogP contribution in [-0.4, -0.2) is 38.8 Å². The second-order valence-electron chi connectivity index (χ2n) is 7.62. The molecule has 11 heteroatoms. The third kappa shape index (κ3) is 7.49. The summed E-state index contributed by atoms with van der Waals surface area (Å²) in [7, 11) is -3.47. The lowest BCUT2D eigenvalue weighted by molar-refractivity contribution is 0.102. The number of benzene rings is 3. The van der Waals surface area contributed by atoms with Gasteiger partial charge in [0.15, 0.2) is 9.84 Å². The van der Waals surface area contributed by atoms with Crippen molar-refractivity contribution in [1.29, 1.82) is 0 Å². The van der Waals surface area contributed by atoms with E-state index in [1.807, 2.05) is 6.07 Å². The van der Waals surface area contributed by atoms with Gasteiger partial charge in [-0.1, -0.05) is 27.5 Å². The minimum atomic E-state index is -3.47. The molecular formula is C24H23BrClFN2O5S. The number of hydrogen-bond donors (Lipinski definition) is 3. The summed E-state index contributed by atoms with van der Waals surface area (Å²) in [6.07, 6.45) is 1.05. The van der Waals surface area contributed by atoms with Gasteiger partial charge in [-0.25, -0.2) is 12.8 Å². The first-order chi connectivity index (χ1) is 16.6. The molecule has 0 heterocycles. The van der Waals surface area contributed by atoms with Crippen molar-refractivity contribution >= 4 is 49.0 Å². The number of aliphatic hydroxyl groups excluding tert-OH is 1. The van der Waals surface area contributed by atoms with E-state index in [1.165, 1.54) is 36.4 Å². The van der Waals surface area contributed by atoms with Gasteiger partial charge in [-0.2, -0.15) is 0 Å². The van der Waals surface area contributed by atoms with Crippen LogP contribution in [-0.2, 0) is 23.0 Å². The van der Waals surface area contributed by atoms with Gasteiger partial charge in [-0.05, 0) is 54.6 Å². The van der Waals surface area contributed by atoms with Gasteiger partial charge >= 0.3 is 0 Å².